The molecule has 118 valence electrons. The SMILES string of the molecule is COCCNC(=O)CC(=O)N/N=C\c1cccc([N+](=O)[O-])c1. The molecule has 22 heavy (non-hydrogen) atoms. The topological polar surface area (TPSA) is 123 Å². The van der Waals surface area contributed by atoms with Crippen LogP contribution in [-0.2, 0) is 14.3 Å². The summed E-state index contributed by atoms with van der Waals surface area (Å²) in [5.74, 6) is -1.03. The molecule has 9 heteroatoms. The van der Waals surface area contributed by atoms with E-state index in [1.165, 1.54) is 31.5 Å². The lowest BCUT2D eigenvalue weighted by atomic mass is 10.2. The van der Waals surface area contributed by atoms with E-state index in [1.807, 2.05) is 0 Å². The summed E-state index contributed by atoms with van der Waals surface area (Å²) in [6.07, 6.45) is 0.893. The summed E-state index contributed by atoms with van der Waals surface area (Å²) in [7, 11) is 1.50. The van der Waals surface area contributed by atoms with E-state index in [4.69, 9.17) is 4.74 Å². The number of nitrogens with zero attached hydrogens (tertiary/aromatic N) is 2. The molecule has 0 saturated heterocycles. The predicted octanol–water partition coefficient (Wildman–Crippen LogP) is 0.198. The average Bonchev–Trinajstić information content (AvgIpc) is 2.47. The van der Waals surface area contributed by atoms with Crippen molar-refractivity contribution in [2.75, 3.05) is 20.3 Å². The fourth-order valence-corrected chi connectivity index (χ4v) is 1.44. The van der Waals surface area contributed by atoms with Gasteiger partial charge in [0.25, 0.3) is 5.69 Å². The van der Waals surface area contributed by atoms with Crippen LogP contribution in [0.25, 0.3) is 0 Å². The van der Waals surface area contributed by atoms with Crippen LogP contribution < -0.4 is 10.7 Å². The molecule has 1 rings (SSSR count). The number of rotatable bonds is 8. The van der Waals surface area contributed by atoms with Gasteiger partial charge in [0, 0.05) is 31.4 Å². The molecule has 0 unspecified atom stereocenters. The van der Waals surface area contributed by atoms with Crippen molar-refractivity contribution in [1.82, 2.24) is 10.7 Å². The number of benzene rings is 1. The molecule has 0 fully saturated rings. The molecule has 0 spiro atoms. The monoisotopic (exact) mass is 308 g/mol. The van der Waals surface area contributed by atoms with Crippen molar-refractivity contribution < 1.29 is 19.2 Å². The van der Waals surface area contributed by atoms with Crippen LogP contribution in [0.1, 0.15) is 12.0 Å². The van der Waals surface area contributed by atoms with Gasteiger partial charge in [-0.25, -0.2) is 5.43 Å². The zero-order chi connectivity index (χ0) is 16.4. The number of nitro benzene ring substituents is 1. The van der Waals surface area contributed by atoms with Gasteiger partial charge in [0.05, 0.1) is 17.7 Å². The Morgan fingerprint density at radius 1 is 1.41 bits per heavy atom. The van der Waals surface area contributed by atoms with Crippen LogP contribution >= 0.6 is 0 Å². The smallest absolute Gasteiger partial charge is 0.270 e. The Kier molecular flexibility index (Phi) is 7.20. The highest BCUT2D eigenvalue weighted by atomic mass is 16.6. The number of hydrogen-bond acceptors (Lipinski definition) is 6. The first kappa shape index (κ1) is 17.2. The van der Waals surface area contributed by atoms with Crippen molar-refractivity contribution in [3.8, 4) is 0 Å². The number of methoxy groups -OCH3 is 1. The van der Waals surface area contributed by atoms with Crippen molar-refractivity contribution in [1.29, 1.82) is 0 Å². The van der Waals surface area contributed by atoms with Crippen LogP contribution in [-0.4, -0.2) is 43.2 Å². The van der Waals surface area contributed by atoms with E-state index in [2.05, 4.69) is 15.8 Å². The zero-order valence-electron chi connectivity index (χ0n) is 11.9. The molecule has 0 atom stereocenters. The summed E-state index contributed by atoms with van der Waals surface area (Å²) in [4.78, 5) is 32.8. The first-order valence-corrected chi connectivity index (χ1v) is 6.35. The summed E-state index contributed by atoms with van der Waals surface area (Å²) < 4.78 is 4.75. The van der Waals surface area contributed by atoms with Gasteiger partial charge in [-0.3, -0.25) is 19.7 Å². The van der Waals surface area contributed by atoms with E-state index in [9.17, 15) is 19.7 Å². The lowest BCUT2D eigenvalue weighted by Gasteiger charge is -2.03. The number of nitrogens with one attached hydrogen (secondary N) is 2. The van der Waals surface area contributed by atoms with Crippen LogP contribution in [0.2, 0.25) is 0 Å². The van der Waals surface area contributed by atoms with Gasteiger partial charge in [-0.1, -0.05) is 12.1 Å². The molecule has 0 heterocycles. The highest BCUT2D eigenvalue weighted by molar-refractivity contribution is 5.97. The molecule has 0 radical (unpaired) electrons. The van der Waals surface area contributed by atoms with E-state index in [0.717, 1.165) is 0 Å². The summed E-state index contributed by atoms with van der Waals surface area (Å²) in [5, 5.41) is 16.7. The van der Waals surface area contributed by atoms with E-state index in [0.29, 0.717) is 18.7 Å². The van der Waals surface area contributed by atoms with Crippen molar-refractivity contribution >= 4 is 23.7 Å². The van der Waals surface area contributed by atoms with Gasteiger partial charge in [-0.05, 0) is 0 Å². The second kappa shape index (κ2) is 9.19. The lowest BCUT2D eigenvalue weighted by molar-refractivity contribution is -0.384. The van der Waals surface area contributed by atoms with E-state index < -0.39 is 16.7 Å². The van der Waals surface area contributed by atoms with Gasteiger partial charge >= 0.3 is 0 Å². The lowest BCUT2D eigenvalue weighted by Crippen LogP contribution is -2.31. The highest BCUT2D eigenvalue weighted by Crippen LogP contribution is 2.11. The Hall–Kier alpha value is -2.81. The fourth-order valence-electron chi connectivity index (χ4n) is 1.44. The van der Waals surface area contributed by atoms with Crippen LogP contribution in [0.15, 0.2) is 29.4 Å². The summed E-state index contributed by atoms with van der Waals surface area (Å²) >= 11 is 0. The molecular formula is C13H16N4O5. The molecule has 0 aliphatic rings. The van der Waals surface area contributed by atoms with E-state index in [-0.39, 0.29) is 12.1 Å². The molecular weight excluding hydrogens is 292 g/mol. The maximum Gasteiger partial charge on any atom is 0.270 e. The van der Waals surface area contributed by atoms with Crippen molar-refractivity contribution in [2.24, 2.45) is 5.10 Å². The fraction of sp³-hybridized carbons (Fsp3) is 0.308. The number of nitro groups is 1. The van der Waals surface area contributed by atoms with Crippen LogP contribution in [0.4, 0.5) is 5.69 Å². The number of non-ortho nitro benzene ring substituents is 1. The Balaban J connectivity index is 2.41. The third-order valence-corrected chi connectivity index (χ3v) is 2.43. The van der Waals surface area contributed by atoms with Crippen LogP contribution in [0.5, 0.6) is 0 Å². The number of amides is 2. The molecule has 0 saturated carbocycles. The normalized spacial score (nSPS) is 10.4. The quantitative estimate of drug-likeness (QED) is 0.233. The number of carbonyl (C=O) groups excluding carboxylic acids is 2. The number of ether oxygens (including phenoxy) is 1. The van der Waals surface area contributed by atoms with E-state index >= 15 is 0 Å². The summed E-state index contributed by atoms with van der Waals surface area (Å²) in [5.41, 5.74) is 2.55. The minimum absolute atomic E-state index is 0.0761. The molecule has 0 aliphatic carbocycles. The minimum atomic E-state index is -0.586. The van der Waals surface area contributed by atoms with Crippen molar-refractivity contribution in [3.63, 3.8) is 0 Å². The predicted molar refractivity (Wildman–Crippen MR) is 78.3 cm³/mol. The minimum Gasteiger partial charge on any atom is -0.383 e. The van der Waals surface area contributed by atoms with E-state index in [1.54, 1.807) is 6.07 Å². The Bertz CT molecular complexity index is 573. The molecule has 2 N–H and O–H groups in total. The number of hydrogen-bond donors (Lipinski definition) is 2. The van der Waals surface area contributed by atoms with Crippen molar-refractivity contribution in [3.05, 3.63) is 39.9 Å². The van der Waals surface area contributed by atoms with Gasteiger partial charge in [0.1, 0.15) is 6.42 Å². The highest BCUT2D eigenvalue weighted by Gasteiger charge is 2.08. The molecule has 0 aromatic heterocycles. The number of carbonyl (C=O) groups is 2. The van der Waals surface area contributed by atoms with Gasteiger partial charge in [-0.2, -0.15) is 5.10 Å². The third-order valence-electron chi connectivity index (χ3n) is 2.43. The first-order valence-electron chi connectivity index (χ1n) is 6.35. The summed E-state index contributed by atoms with van der Waals surface area (Å²) in [6, 6.07) is 5.76. The Labute approximate surface area is 126 Å². The molecule has 1 aromatic carbocycles. The molecule has 0 bridgehead atoms. The molecule has 2 amide bonds. The van der Waals surface area contributed by atoms with Gasteiger partial charge in [0.15, 0.2) is 0 Å². The molecule has 0 aliphatic heterocycles. The molecule has 9 nitrogen and oxygen atoms in total. The van der Waals surface area contributed by atoms with Crippen LogP contribution in [0, 0.1) is 10.1 Å². The second-order valence-corrected chi connectivity index (χ2v) is 4.16. The second-order valence-electron chi connectivity index (χ2n) is 4.16. The maximum absolute atomic E-state index is 11.4. The zero-order valence-corrected chi connectivity index (χ0v) is 11.9. The third kappa shape index (κ3) is 6.57. The molecule has 1 aromatic rings. The maximum atomic E-state index is 11.4. The van der Waals surface area contributed by atoms with Crippen molar-refractivity contribution in [2.45, 2.75) is 6.42 Å². The largest absolute Gasteiger partial charge is 0.383 e. The average molecular weight is 308 g/mol. The van der Waals surface area contributed by atoms with Crippen LogP contribution in [0.3, 0.4) is 0 Å². The summed E-state index contributed by atoms with van der Waals surface area (Å²) in [6.45, 7) is 0.678. The van der Waals surface area contributed by atoms with Gasteiger partial charge < -0.3 is 10.1 Å². The van der Waals surface area contributed by atoms with Gasteiger partial charge in [0.2, 0.25) is 11.8 Å². The Morgan fingerprint density at radius 2 is 2.18 bits per heavy atom. The number of hydrazone groups is 1. The van der Waals surface area contributed by atoms with Gasteiger partial charge in [-0.15, -0.1) is 0 Å². The standard InChI is InChI=1S/C13H16N4O5/c1-22-6-5-14-12(18)8-13(19)16-15-9-10-3-2-4-11(7-10)17(20)21/h2-4,7,9H,5-6,8H2,1H3,(H,14,18)(H,16,19)/b15-9-. The first-order chi connectivity index (χ1) is 10.5. The Morgan fingerprint density at radius 3 is 2.86 bits per heavy atom.